The van der Waals surface area contributed by atoms with Crippen LogP contribution in [0.2, 0.25) is 0 Å². The van der Waals surface area contributed by atoms with Crippen LogP contribution in [0.15, 0.2) is 10.8 Å². The highest BCUT2D eigenvalue weighted by molar-refractivity contribution is 5.93. The minimum atomic E-state index is -0.859. The molecule has 92 valence electrons. The summed E-state index contributed by atoms with van der Waals surface area (Å²) in [6, 6.07) is 0. The highest BCUT2D eigenvalue weighted by atomic mass is 16.4. The molecular formula is C11H14N2O4. The van der Waals surface area contributed by atoms with Crippen molar-refractivity contribution in [3.8, 4) is 0 Å². The molecular weight excluding hydrogens is 224 g/mol. The van der Waals surface area contributed by atoms with E-state index in [-0.39, 0.29) is 24.1 Å². The molecule has 1 saturated heterocycles. The first-order valence-corrected chi connectivity index (χ1v) is 5.43. The number of likely N-dealkylation sites (tertiary alicyclic amines) is 1. The van der Waals surface area contributed by atoms with Gasteiger partial charge in [0.25, 0.3) is 5.91 Å². The molecule has 0 saturated carbocycles. The van der Waals surface area contributed by atoms with Crippen molar-refractivity contribution < 1.29 is 19.1 Å². The van der Waals surface area contributed by atoms with Gasteiger partial charge in [0.1, 0.15) is 0 Å². The Labute approximate surface area is 98.2 Å². The first-order chi connectivity index (χ1) is 8.00. The van der Waals surface area contributed by atoms with Gasteiger partial charge >= 0.3 is 5.97 Å². The number of nitrogens with zero attached hydrogens (tertiary/aromatic N) is 2. The van der Waals surface area contributed by atoms with Crippen LogP contribution in [-0.4, -0.2) is 40.0 Å². The number of aryl methyl sites for hydroxylation is 1. The van der Waals surface area contributed by atoms with Crippen LogP contribution in [-0.2, 0) is 4.79 Å². The Hall–Kier alpha value is -1.85. The molecule has 17 heavy (non-hydrogen) atoms. The van der Waals surface area contributed by atoms with E-state index < -0.39 is 11.9 Å². The molecule has 2 rings (SSSR count). The number of amides is 1. The number of hydrogen-bond donors (Lipinski definition) is 1. The Bertz CT molecular complexity index is 454. The Morgan fingerprint density at radius 1 is 1.53 bits per heavy atom. The molecule has 0 bridgehead atoms. The van der Waals surface area contributed by atoms with Gasteiger partial charge < -0.3 is 14.4 Å². The molecule has 1 amide bonds. The van der Waals surface area contributed by atoms with Crippen LogP contribution in [0.25, 0.3) is 0 Å². The summed E-state index contributed by atoms with van der Waals surface area (Å²) in [5.74, 6) is -1.48. The molecule has 6 heteroatoms. The quantitative estimate of drug-likeness (QED) is 0.822. The number of carbonyl (C=O) groups is 2. The van der Waals surface area contributed by atoms with E-state index in [1.807, 2.05) is 6.92 Å². The molecule has 0 spiro atoms. The number of aliphatic carboxylic acids is 1. The van der Waals surface area contributed by atoms with Crippen molar-refractivity contribution in [1.29, 1.82) is 0 Å². The van der Waals surface area contributed by atoms with Gasteiger partial charge in [0.05, 0.1) is 11.6 Å². The van der Waals surface area contributed by atoms with Crippen molar-refractivity contribution in [2.24, 2.45) is 11.8 Å². The van der Waals surface area contributed by atoms with Gasteiger partial charge in [-0.1, -0.05) is 6.92 Å². The largest absolute Gasteiger partial charge is 0.481 e. The molecule has 6 nitrogen and oxygen atoms in total. The molecule has 2 atom stereocenters. The maximum Gasteiger partial charge on any atom is 0.308 e. The third-order valence-corrected chi connectivity index (χ3v) is 3.16. The van der Waals surface area contributed by atoms with Gasteiger partial charge in [-0.3, -0.25) is 9.59 Å². The number of hydrogen-bond acceptors (Lipinski definition) is 4. The number of aromatic nitrogens is 1. The number of rotatable bonds is 2. The normalized spacial score (nSPS) is 24.0. The summed E-state index contributed by atoms with van der Waals surface area (Å²) < 4.78 is 5.02. The monoisotopic (exact) mass is 238 g/mol. The van der Waals surface area contributed by atoms with Crippen LogP contribution >= 0.6 is 0 Å². The molecule has 1 aliphatic rings. The fourth-order valence-electron chi connectivity index (χ4n) is 2.10. The van der Waals surface area contributed by atoms with E-state index in [4.69, 9.17) is 9.52 Å². The molecule has 1 aliphatic heterocycles. The summed E-state index contributed by atoms with van der Waals surface area (Å²) in [7, 11) is 0. The predicted molar refractivity (Wildman–Crippen MR) is 57.4 cm³/mol. The lowest BCUT2D eigenvalue weighted by atomic mass is 9.99. The smallest absolute Gasteiger partial charge is 0.308 e. The van der Waals surface area contributed by atoms with Crippen molar-refractivity contribution in [2.45, 2.75) is 13.8 Å². The van der Waals surface area contributed by atoms with Gasteiger partial charge in [-0.25, -0.2) is 4.98 Å². The van der Waals surface area contributed by atoms with Gasteiger partial charge in [-0.05, 0) is 12.8 Å². The van der Waals surface area contributed by atoms with Crippen molar-refractivity contribution in [3.05, 3.63) is 17.8 Å². The Kier molecular flexibility index (Phi) is 2.87. The topological polar surface area (TPSA) is 83.6 Å². The van der Waals surface area contributed by atoms with Gasteiger partial charge in [0.2, 0.25) is 5.76 Å². The molecule has 2 unspecified atom stereocenters. The second-order valence-corrected chi connectivity index (χ2v) is 4.40. The average Bonchev–Trinajstić information content (AvgIpc) is 2.83. The van der Waals surface area contributed by atoms with E-state index in [1.165, 1.54) is 11.3 Å². The van der Waals surface area contributed by atoms with Crippen molar-refractivity contribution in [3.63, 3.8) is 0 Å². The van der Waals surface area contributed by atoms with Crippen LogP contribution in [0.3, 0.4) is 0 Å². The molecule has 1 fully saturated rings. The van der Waals surface area contributed by atoms with Crippen molar-refractivity contribution in [2.75, 3.05) is 13.1 Å². The van der Waals surface area contributed by atoms with Gasteiger partial charge in [0, 0.05) is 13.1 Å². The summed E-state index contributed by atoms with van der Waals surface area (Å²) >= 11 is 0. The third-order valence-electron chi connectivity index (χ3n) is 3.16. The van der Waals surface area contributed by atoms with Crippen molar-refractivity contribution in [1.82, 2.24) is 9.88 Å². The second kappa shape index (κ2) is 4.20. The predicted octanol–water partition coefficient (Wildman–Crippen LogP) is 0.776. The van der Waals surface area contributed by atoms with Crippen LogP contribution in [0.4, 0.5) is 0 Å². The first kappa shape index (κ1) is 11.6. The lowest BCUT2D eigenvalue weighted by Crippen LogP contribution is -2.30. The fourth-order valence-corrected chi connectivity index (χ4v) is 2.10. The number of carboxylic acid groups (broad SMARTS) is 1. The Balaban J connectivity index is 2.13. The zero-order chi connectivity index (χ0) is 12.6. The summed E-state index contributed by atoms with van der Waals surface area (Å²) in [6.07, 6.45) is 1.22. The van der Waals surface area contributed by atoms with E-state index >= 15 is 0 Å². The lowest BCUT2D eigenvalue weighted by molar-refractivity contribution is -0.142. The third kappa shape index (κ3) is 2.02. The summed E-state index contributed by atoms with van der Waals surface area (Å²) in [5, 5.41) is 8.99. The average molecular weight is 238 g/mol. The van der Waals surface area contributed by atoms with E-state index in [2.05, 4.69) is 4.98 Å². The zero-order valence-corrected chi connectivity index (χ0v) is 9.71. The molecule has 0 aliphatic carbocycles. The standard InChI is InChI=1S/C11H14N2O4/c1-6-3-13(4-8(6)11(15)16)10(14)9-7(2)12-5-17-9/h5-6,8H,3-4H2,1-2H3,(H,15,16). The van der Waals surface area contributed by atoms with Crippen LogP contribution in [0.1, 0.15) is 23.2 Å². The minimum absolute atomic E-state index is 0.0420. The Morgan fingerprint density at radius 2 is 2.24 bits per heavy atom. The first-order valence-electron chi connectivity index (χ1n) is 5.43. The summed E-state index contributed by atoms with van der Waals surface area (Å²) in [5.41, 5.74) is 0.529. The molecule has 0 aromatic carbocycles. The second-order valence-electron chi connectivity index (χ2n) is 4.40. The van der Waals surface area contributed by atoms with Crippen LogP contribution in [0, 0.1) is 18.8 Å². The molecule has 1 aromatic rings. The number of oxazole rings is 1. The summed E-state index contributed by atoms with van der Waals surface area (Å²) in [4.78, 5) is 28.4. The van der Waals surface area contributed by atoms with E-state index in [1.54, 1.807) is 6.92 Å². The van der Waals surface area contributed by atoms with Crippen molar-refractivity contribution >= 4 is 11.9 Å². The van der Waals surface area contributed by atoms with Gasteiger partial charge in [-0.2, -0.15) is 0 Å². The Morgan fingerprint density at radius 3 is 2.71 bits per heavy atom. The number of carbonyl (C=O) groups excluding carboxylic acids is 1. The molecule has 1 aromatic heterocycles. The van der Waals surface area contributed by atoms with E-state index in [9.17, 15) is 9.59 Å². The van der Waals surface area contributed by atoms with Crippen LogP contribution < -0.4 is 0 Å². The molecule has 2 heterocycles. The maximum atomic E-state index is 12.0. The lowest BCUT2D eigenvalue weighted by Gasteiger charge is -2.13. The summed E-state index contributed by atoms with van der Waals surface area (Å²) in [6.45, 7) is 4.19. The zero-order valence-electron chi connectivity index (χ0n) is 9.71. The molecule has 1 N–H and O–H groups in total. The van der Waals surface area contributed by atoms with Crippen LogP contribution in [0.5, 0.6) is 0 Å². The maximum absolute atomic E-state index is 12.0. The van der Waals surface area contributed by atoms with E-state index in [0.717, 1.165) is 0 Å². The van der Waals surface area contributed by atoms with Gasteiger partial charge in [-0.15, -0.1) is 0 Å². The number of carboxylic acids is 1. The highest BCUT2D eigenvalue weighted by Crippen LogP contribution is 2.25. The minimum Gasteiger partial charge on any atom is -0.481 e. The SMILES string of the molecule is Cc1ncoc1C(=O)N1CC(C)C(C(=O)O)C1. The highest BCUT2D eigenvalue weighted by Gasteiger charge is 2.38. The fraction of sp³-hybridized carbons (Fsp3) is 0.545. The van der Waals surface area contributed by atoms with E-state index in [0.29, 0.717) is 12.2 Å². The molecule has 0 radical (unpaired) electrons. The van der Waals surface area contributed by atoms with Gasteiger partial charge in [0.15, 0.2) is 6.39 Å².